The molecule has 0 bridgehead atoms. The molecule has 3 unspecified atom stereocenters. The molecule has 2 aliphatic rings. The minimum atomic E-state index is 0.528. The van der Waals surface area contributed by atoms with Crippen LogP contribution in [0.3, 0.4) is 0 Å². The van der Waals surface area contributed by atoms with Crippen LogP contribution in [0.25, 0.3) is 0 Å². The van der Waals surface area contributed by atoms with E-state index in [4.69, 9.17) is 4.74 Å². The highest BCUT2D eigenvalue weighted by Gasteiger charge is 2.55. The van der Waals surface area contributed by atoms with Gasteiger partial charge in [0.25, 0.3) is 0 Å². The number of nitrogens with one attached hydrogen (secondary N) is 1. The van der Waals surface area contributed by atoms with E-state index in [-0.39, 0.29) is 0 Å². The maximum Gasteiger partial charge on any atom is 0.119 e. The molecule has 0 heterocycles. The van der Waals surface area contributed by atoms with E-state index in [0.29, 0.717) is 6.04 Å². The molecule has 2 fully saturated rings. The van der Waals surface area contributed by atoms with E-state index in [9.17, 15) is 0 Å². The fourth-order valence-corrected chi connectivity index (χ4v) is 3.90. The summed E-state index contributed by atoms with van der Waals surface area (Å²) >= 11 is 0. The van der Waals surface area contributed by atoms with Crippen molar-refractivity contribution in [3.8, 4) is 5.75 Å². The average molecular weight is 245 g/mol. The molecule has 2 aliphatic carbocycles. The van der Waals surface area contributed by atoms with Crippen molar-refractivity contribution in [2.24, 2.45) is 17.8 Å². The predicted octanol–water partition coefficient (Wildman–Crippen LogP) is 3.39. The standard InChI is InChI=1S/C16H23NO/c1-3-17-16(15-13-8-5-9-14(13)15)11-6-4-7-12(10-11)18-2/h4,6-7,10,13-17H,3,5,8-9H2,1-2H3. The smallest absolute Gasteiger partial charge is 0.119 e. The first-order chi connectivity index (χ1) is 8.85. The fraction of sp³-hybridized carbons (Fsp3) is 0.625. The summed E-state index contributed by atoms with van der Waals surface area (Å²) in [7, 11) is 1.74. The number of rotatable bonds is 5. The summed E-state index contributed by atoms with van der Waals surface area (Å²) in [6.07, 6.45) is 4.34. The van der Waals surface area contributed by atoms with Gasteiger partial charge in [0.1, 0.15) is 5.75 Å². The molecule has 1 N–H and O–H groups in total. The lowest BCUT2D eigenvalue weighted by atomic mass is 9.96. The van der Waals surface area contributed by atoms with Gasteiger partial charge >= 0.3 is 0 Å². The van der Waals surface area contributed by atoms with E-state index in [1.165, 1.54) is 24.8 Å². The van der Waals surface area contributed by atoms with Gasteiger partial charge in [-0.05, 0) is 54.8 Å². The predicted molar refractivity (Wildman–Crippen MR) is 73.7 cm³/mol. The van der Waals surface area contributed by atoms with Gasteiger partial charge in [-0.1, -0.05) is 25.5 Å². The van der Waals surface area contributed by atoms with Crippen molar-refractivity contribution in [3.05, 3.63) is 29.8 Å². The largest absolute Gasteiger partial charge is 0.497 e. The van der Waals surface area contributed by atoms with Crippen LogP contribution in [0.15, 0.2) is 24.3 Å². The monoisotopic (exact) mass is 245 g/mol. The molecular formula is C16H23NO. The number of fused-ring (bicyclic) bond motifs is 1. The summed E-state index contributed by atoms with van der Waals surface area (Å²) < 4.78 is 5.35. The molecule has 2 nitrogen and oxygen atoms in total. The van der Waals surface area contributed by atoms with Crippen molar-refractivity contribution in [2.75, 3.05) is 13.7 Å². The summed E-state index contributed by atoms with van der Waals surface area (Å²) in [6, 6.07) is 9.10. The van der Waals surface area contributed by atoms with Crippen molar-refractivity contribution in [3.63, 3.8) is 0 Å². The Morgan fingerprint density at radius 2 is 2.11 bits per heavy atom. The van der Waals surface area contributed by atoms with Gasteiger partial charge in [0.2, 0.25) is 0 Å². The minimum absolute atomic E-state index is 0.528. The number of benzene rings is 1. The molecule has 1 aromatic carbocycles. The molecule has 0 radical (unpaired) electrons. The summed E-state index contributed by atoms with van der Waals surface area (Å²) in [5.74, 6) is 3.81. The second kappa shape index (κ2) is 4.93. The summed E-state index contributed by atoms with van der Waals surface area (Å²) in [5.41, 5.74) is 1.40. The molecule has 1 aromatic rings. The van der Waals surface area contributed by atoms with Crippen LogP contribution in [0.2, 0.25) is 0 Å². The van der Waals surface area contributed by atoms with Crippen LogP contribution in [-0.2, 0) is 0 Å². The van der Waals surface area contributed by atoms with Crippen molar-refractivity contribution in [1.82, 2.24) is 5.32 Å². The molecule has 98 valence electrons. The number of ether oxygens (including phenoxy) is 1. The van der Waals surface area contributed by atoms with Crippen LogP contribution in [0.5, 0.6) is 5.75 Å². The van der Waals surface area contributed by atoms with Crippen LogP contribution in [-0.4, -0.2) is 13.7 Å². The highest BCUT2D eigenvalue weighted by Crippen LogP contribution is 2.62. The Kier molecular flexibility index (Phi) is 3.29. The summed E-state index contributed by atoms with van der Waals surface area (Å²) in [4.78, 5) is 0. The van der Waals surface area contributed by atoms with Crippen LogP contribution in [0.4, 0.5) is 0 Å². The number of hydrogen-bond donors (Lipinski definition) is 1. The molecule has 2 saturated carbocycles. The normalized spacial score (nSPS) is 30.9. The van der Waals surface area contributed by atoms with Crippen LogP contribution in [0, 0.1) is 17.8 Å². The highest BCUT2D eigenvalue weighted by atomic mass is 16.5. The first-order valence-corrected chi connectivity index (χ1v) is 7.22. The van der Waals surface area contributed by atoms with Crippen molar-refractivity contribution in [2.45, 2.75) is 32.2 Å². The van der Waals surface area contributed by atoms with Gasteiger partial charge in [0.05, 0.1) is 7.11 Å². The van der Waals surface area contributed by atoms with Gasteiger partial charge in [-0.25, -0.2) is 0 Å². The molecule has 3 atom stereocenters. The topological polar surface area (TPSA) is 21.3 Å². The first kappa shape index (κ1) is 12.0. The number of hydrogen-bond acceptors (Lipinski definition) is 2. The lowest BCUT2D eigenvalue weighted by Crippen LogP contribution is -2.24. The third kappa shape index (κ3) is 2.03. The second-order valence-corrected chi connectivity index (χ2v) is 5.65. The van der Waals surface area contributed by atoms with Gasteiger partial charge in [-0.15, -0.1) is 0 Å². The third-order valence-electron chi connectivity index (χ3n) is 4.73. The molecule has 0 spiro atoms. The molecule has 0 aliphatic heterocycles. The summed E-state index contributed by atoms with van der Waals surface area (Å²) in [5, 5.41) is 3.69. The Labute approximate surface area is 110 Å². The maximum absolute atomic E-state index is 5.35. The quantitative estimate of drug-likeness (QED) is 0.858. The molecule has 18 heavy (non-hydrogen) atoms. The number of methoxy groups -OCH3 is 1. The average Bonchev–Trinajstić information content (AvgIpc) is 2.87. The Bertz CT molecular complexity index is 407. The van der Waals surface area contributed by atoms with E-state index in [2.05, 4.69) is 30.4 Å². The van der Waals surface area contributed by atoms with Gasteiger partial charge < -0.3 is 10.1 Å². The van der Waals surface area contributed by atoms with Crippen molar-refractivity contribution >= 4 is 0 Å². The van der Waals surface area contributed by atoms with E-state index in [0.717, 1.165) is 30.0 Å². The Hall–Kier alpha value is -1.02. The Morgan fingerprint density at radius 3 is 2.78 bits per heavy atom. The van der Waals surface area contributed by atoms with Gasteiger partial charge in [0, 0.05) is 6.04 Å². The SMILES string of the molecule is CCNC(c1cccc(OC)c1)C1C2CCCC21. The van der Waals surface area contributed by atoms with Crippen LogP contribution in [0.1, 0.15) is 37.8 Å². The van der Waals surface area contributed by atoms with Crippen LogP contribution < -0.4 is 10.1 Å². The zero-order valence-corrected chi connectivity index (χ0v) is 11.4. The summed E-state index contributed by atoms with van der Waals surface area (Å²) in [6.45, 7) is 3.24. The van der Waals surface area contributed by atoms with Gasteiger partial charge in [-0.3, -0.25) is 0 Å². The lowest BCUT2D eigenvalue weighted by molar-refractivity contribution is 0.405. The Morgan fingerprint density at radius 1 is 1.33 bits per heavy atom. The highest BCUT2D eigenvalue weighted by molar-refractivity contribution is 5.32. The fourth-order valence-electron chi connectivity index (χ4n) is 3.90. The third-order valence-corrected chi connectivity index (χ3v) is 4.73. The minimum Gasteiger partial charge on any atom is -0.497 e. The maximum atomic E-state index is 5.35. The molecule has 0 aromatic heterocycles. The molecule has 3 rings (SSSR count). The van der Waals surface area contributed by atoms with E-state index >= 15 is 0 Å². The van der Waals surface area contributed by atoms with Crippen molar-refractivity contribution in [1.29, 1.82) is 0 Å². The zero-order chi connectivity index (χ0) is 12.5. The Balaban J connectivity index is 1.80. The van der Waals surface area contributed by atoms with Gasteiger partial charge in [0.15, 0.2) is 0 Å². The van der Waals surface area contributed by atoms with Crippen molar-refractivity contribution < 1.29 is 4.74 Å². The lowest BCUT2D eigenvalue weighted by Gasteiger charge is -2.21. The second-order valence-electron chi connectivity index (χ2n) is 5.65. The van der Waals surface area contributed by atoms with E-state index < -0.39 is 0 Å². The van der Waals surface area contributed by atoms with Crippen LogP contribution >= 0.6 is 0 Å². The van der Waals surface area contributed by atoms with E-state index in [1.54, 1.807) is 7.11 Å². The molecular weight excluding hydrogens is 222 g/mol. The zero-order valence-electron chi connectivity index (χ0n) is 11.4. The molecule has 0 amide bonds. The molecule has 2 heteroatoms. The van der Waals surface area contributed by atoms with Gasteiger partial charge in [-0.2, -0.15) is 0 Å². The van der Waals surface area contributed by atoms with E-state index in [1.807, 2.05) is 6.07 Å². The molecule has 0 saturated heterocycles. The first-order valence-electron chi connectivity index (χ1n) is 7.22.